The zero-order valence-corrected chi connectivity index (χ0v) is 14.0. The molecule has 4 nitrogen and oxygen atoms in total. The van der Waals surface area contributed by atoms with Gasteiger partial charge in [0.1, 0.15) is 6.07 Å². The molecule has 0 saturated heterocycles. The molecule has 1 aliphatic heterocycles. The van der Waals surface area contributed by atoms with E-state index >= 15 is 0 Å². The van der Waals surface area contributed by atoms with Crippen LogP contribution in [0, 0.1) is 32.1 Å². The Morgan fingerprint density at radius 3 is 2.48 bits per heavy atom. The lowest BCUT2D eigenvalue weighted by Crippen LogP contribution is -2.22. The summed E-state index contributed by atoms with van der Waals surface area (Å²) in [5, 5.41) is 9.27. The maximum Gasteiger partial charge on any atom is 0.220 e. The first-order valence-corrected chi connectivity index (χ1v) is 8.67. The number of allylic oxidation sites excluding steroid dienone is 1. The maximum absolute atomic E-state index is 12.6. The molecule has 0 bridgehead atoms. The van der Waals surface area contributed by atoms with E-state index in [9.17, 15) is 13.7 Å². The van der Waals surface area contributed by atoms with Gasteiger partial charge < -0.3 is 4.90 Å². The lowest BCUT2D eigenvalue weighted by Gasteiger charge is -2.29. The fourth-order valence-electron chi connectivity index (χ4n) is 2.70. The van der Waals surface area contributed by atoms with Crippen LogP contribution in [-0.4, -0.2) is 8.42 Å². The van der Waals surface area contributed by atoms with Crippen LogP contribution >= 0.6 is 0 Å². The van der Waals surface area contributed by atoms with Crippen molar-refractivity contribution in [2.24, 2.45) is 0 Å². The molecule has 0 aromatic heterocycles. The first-order valence-electron chi connectivity index (χ1n) is 7.19. The molecule has 1 heterocycles. The summed E-state index contributed by atoms with van der Waals surface area (Å²) in [5.74, 6) is 0. The Morgan fingerprint density at radius 1 is 1.04 bits per heavy atom. The predicted molar refractivity (Wildman–Crippen MR) is 90.1 cm³/mol. The van der Waals surface area contributed by atoms with Gasteiger partial charge in [-0.2, -0.15) is 5.26 Å². The van der Waals surface area contributed by atoms with E-state index in [0.717, 1.165) is 22.4 Å². The van der Waals surface area contributed by atoms with Gasteiger partial charge in [0, 0.05) is 11.9 Å². The van der Waals surface area contributed by atoms with Crippen LogP contribution in [0.2, 0.25) is 0 Å². The fourth-order valence-corrected chi connectivity index (χ4v) is 3.98. The molecule has 23 heavy (non-hydrogen) atoms. The first kappa shape index (κ1) is 15.3. The smallest absolute Gasteiger partial charge is 0.220 e. The predicted octanol–water partition coefficient (Wildman–Crippen LogP) is 3.90. The van der Waals surface area contributed by atoms with Crippen LogP contribution in [0.15, 0.2) is 52.4 Å². The van der Waals surface area contributed by atoms with E-state index in [1.54, 1.807) is 17.0 Å². The number of anilines is 2. The number of aryl methyl sites for hydroxylation is 2. The molecule has 2 aromatic carbocycles. The van der Waals surface area contributed by atoms with Crippen molar-refractivity contribution in [1.29, 1.82) is 5.26 Å². The van der Waals surface area contributed by atoms with E-state index in [0.29, 0.717) is 5.69 Å². The molecule has 3 rings (SSSR count). The van der Waals surface area contributed by atoms with Crippen molar-refractivity contribution in [3.63, 3.8) is 0 Å². The second kappa shape index (κ2) is 5.25. The van der Waals surface area contributed by atoms with E-state index in [4.69, 9.17) is 0 Å². The van der Waals surface area contributed by atoms with Crippen molar-refractivity contribution in [3.8, 4) is 6.07 Å². The van der Waals surface area contributed by atoms with Gasteiger partial charge >= 0.3 is 0 Å². The molecule has 0 spiro atoms. The molecular weight excluding hydrogens is 308 g/mol. The van der Waals surface area contributed by atoms with Crippen molar-refractivity contribution in [3.05, 3.63) is 64.2 Å². The van der Waals surface area contributed by atoms with Crippen LogP contribution in [0.4, 0.5) is 11.4 Å². The monoisotopic (exact) mass is 324 g/mol. The summed E-state index contributed by atoms with van der Waals surface area (Å²) in [6.45, 7) is 5.91. The van der Waals surface area contributed by atoms with Crippen molar-refractivity contribution in [2.75, 3.05) is 4.90 Å². The Hall–Kier alpha value is -2.58. The van der Waals surface area contributed by atoms with Crippen molar-refractivity contribution >= 4 is 21.2 Å². The molecule has 5 heteroatoms. The van der Waals surface area contributed by atoms with Crippen LogP contribution in [0.5, 0.6) is 0 Å². The van der Waals surface area contributed by atoms with Gasteiger partial charge in [-0.05, 0) is 55.7 Å². The summed E-state index contributed by atoms with van der Waals surface area (Å²) in [6, 6.07) is 12.8. The number of hydrogen-bond acceptors (Lipinski definition) is 4. The summed E-state index contributed by atoms with van der Waals surface area (Å²) in [5.41, 5.74) is 4.57. The summed E-state index contributed by atoms with van der Waals surface area (Å²) >= 11 is 0. The van der Waals surface area contributed by atoms with Gasteiger partial charge in [-0.15, -0.1) is 0 Å². The highest BCUT2D eigenvalue weighted by Gasteiger charge is 2.32. The average molecular weight is 324 g/mol. The van der Waals surface area contributed by atoms with Crippen molar-refractivity contribution < 1.29 is 8.42 Å². The van der Waals surface area contributed by atoms with Crippen LogP contribution in [0.25, 0.3) is 0 Å². The first-order chi connectivity index (χ1) is 10.9. The molecule has 0 radical (unpaired) electrons. The number of nitriles is 1. The molecule has 0 fully saturated rings. The van der Waals surface area contributed by atoms with E-state index in [2.05, 4.69) is 0 Å². The minimum Gasteiger partial charge on any atom is -0.314 e. The number of fused-ring (bicyclic) bond motifs is 1. The van der Waals surface area contributed by atoms with E-state index in [-0.39, 0.29) is 9.80 Å². The number of benzene rings is 2. The summed E-state index contributed by atoms with van der Waals surface area (Å²) in [6.07, 6.45) is 1.42. The van der Waals surface area contributed by atoms with E-state index < -0.39 is 9.84 Å². The molecule has 0 N–H and O–H groups in total. The van der Waals surface area contributed by atoms with Crippen LogP contribution in [0.1, 0.15) is 16.7 Å². The molecule has 0 saturated carbocycles. The lowest BCUT2D eigenvalue weighted by molar-refractivity contribution is 0.602. The molecule has 0 aliphatic carbocycles. The van der Waals surface area contributed by atoms with Gasteiger partial charge in [-0.3, -0.25) is 0 Å². The number of sulfone groups is 1. The van der Waals surface area contributed by atoms with Crippen molar-refractivity contribution in [1.82, 2.24) is 0 Å². The summed E-state index contributed by atoms with van der Waals surface area (Å²) < 4.78 is 25.1. The second-order valence-electron chi connectivity index (χ2n) is 5.67. The Labute approximate surface area is 136 Å². The van der Waals surface area contributed by atoms with Gasteiger partial charge in [-0.1, -0.05) is 18.2 Å². The SMILES string of the molecule is Cc1ccc2c(c1)N(c1cccc(C)c1C)C=C(C#N)S2(=O)=O. The highest BCUT2D eigenvalue weighted by Crippen LogP contribution is 2.41. The maximum atomic E-state index is 12.6. The molecule has 2 aromatic rings. The highest BCUT2D eigenvalue weighted by atomic mass is 32.2. The quantitative estimate of drug-likeness (QED) is 0.798. The molecule has 116 valence electrons. The zero-order chi connectivity index (χ0) is 16.8. The van der Waals surface area contributed by atoms with Crippen LogP contribution in [0.3, 0.4) is 0 Å². The minimum atomic E-state index is -3.76. The van der Waals surface area contributed by atoms with Crippen LogP contribution < -0.4 is 4.90 Å². The Balaban J connectivity index is 2.36. The normalized spacial score (nSPS) is 15.6. The number of hydrogen-bond donors (Lipinski definition) is 0. The Kier molecular flexibility index (Phi) is 3.50. The van der Waals surface area contributed by atoms with Crippen LogP contribution in [-0.2, 0) is 9.84 Å². The van der Waals surface area contributed by atoms with E-state index in [1.165, 1.54) is 6.20 Å². The zero-order valence-electron chi connectivity index (χ0n) is 13.2. The third-order valence-corrected chi connectivity index (χ3v) is 5.85. The third-order valence-electron chi connectivity index (χ3n) is 4.15. The molecule has 0 unspecified atom stereocenters. The third kappa shape index (κ3) is 2.32. The van der Waals surface area contributed by atoms with Gasteiger partial charge in [0.2, 0.25) is 9.84 Å². The Bertz CT molecular complexity index is 983. The lowest BCUT2D eigenvalue weighted by atomic mass is 10.1. The molecule has 0 atom stereocenters. The van der Waals surface area contributed by atoms with Gasteiger partial charge in [0.05, 0.1) is 10.6 Å². The number of rotatable bonds is 1. The molecular formula is C18H16N2O2S. The van der Waals surface area contributed by atoms with Gasteiger partial charge in [-0.25, -0.2) is 8.42 Å². The Morgan fingerprint density at radius 2 is 1.78 bits per heavy atom. The number of nitrogens with zero attached hydrogens (tertiary/aromatic N) is 2. The standard InChI is InChI=1S/C18H16N2O2S/c1-12-7-8-18-17(9-12)20(11-15(10-19)23(18,21)22)16-6-4-5-13(2)14(16)3/h4-9,11H,1-3H3. The van der Waals surface area contributed by atoms with E-state index in [1.807, 2.05) is 51.1 Å². The second-order valence-corrected chi connectivity index (χ2v) is 7.56. The topological polar surface area (TPSA) is 61.2 Å². The fraction of sp³-hybridized carbons (Fsp3) is 0.167. The molecule has 1 aliphatic rings. The largest absolute Gasteiger partial charge is 0.314 e. The van der Waals surface area contributed by atoms with Gasteiger partial charge in [0.15, 0.2) is 4.91 Å². The minimum absolute atomic E-state index is 0.169. The molecule has 0 amide bonds. The van der Waals surface area contributed by atoms with Gasteiger partial charge in [0.25, 0.3) is 0 Å². The highest BCUT2D eigenvalue weighted by molar-refractivity contribution is 7.95. The average Bonchev–Trinajstić information content (AvgIpc) is 2.50. The summed E-state index contributed by atoms with van der Waals surface area (Å²) in [4.78, 5) is 1.72. The summed E-state index contributed by atoms with van der Waals surface area (Å²) in [7, 11) is -3.76. The van der Waals surface area contributed by atoms with Crippen molar-refractivity contribution in [2.45, 2.75) is 25.7 Å².